The fourth-order valence-electron chi connectivity index (χ4n) is 2.44. The van der Waals surface area contributed by atoms with Crippen LogP contribution in [0.4, 0.5) is 10.5 Å². The van der Waals surface area contributed by atoms with Gasteiger partial charge in [-0.3, -0.25) is 4.68 Å². The Morgan fingerprint density at radius 1 is 1.35 bits per heavy atom. The highest BCUT2D eigenvalue weighted by Gasteiger charge is 2.24. The van der Waals surface area contributed by atoms with Crippen LogP contribution in [0.3, 0.4) is 0 Å². The molecule has 2 amide bonds. The maximum atomic E-state index is 12.1. The standard InChI is InChI=1S/C17H24N4O2/c1-3-9-17(2,13-22)20-16(23)19-15-7-5-14(6-8-15)12-21-11-4-10-18-21/h4-8,10-11,22H,3,9,12-13H2,1-2H3,(H2,19,20,23). The second-order valence-electron chi connectivity index (χ2n) is 5.95. The molecular formula is C17H24N4O2. The molecule has 3 N–H and O–H groups in total. The van der Waals surface area contributed by atoms with E-state index in [0.717, 1.165) is 18.4 Å². The highest BCUT2D eigenvalue weighted by Crippen LogP contribution is 2.13. The number of hydrogen-bond donors (Lipinski definition) is 3. The number of benzene rings is 1. The van der Waals surface area contributed by atoms with Gasteiger partial charge in [-0.15, -0.1) is 0 Å². The van der Waals surface area contributed by atoms with Crippen LogP contribution in [0.2, 0.25) is 0 Å². The summed E-state index contributed by atoms with van der Waals surface area (Å²) < 4.78 is 1.84. The van der Waals surface area contributed by atoms with Crippen LogP contribution in [0.25, 0.3) is 0 Å². The molecule has 0 fully saturated rings. The Morgan fingerprint density at radius 3 is 2.65 bits per heavy atom. The molecule has 0 aliphatic heterocycles. The number of amides is 2. The summed E-state index contributed by atoms with van der Waals surface area (Å²) in [6.45, 7) is 4.46. The molecule has 0 aliphatic rings. The van der Waals surface area contributed by atoms with Crippen LogP contribution in [0.15, 0.2) is 42.7 Å². The number of carbonyl (C=O) groups is 1. The van der Waals surface area contributed by atoms with Crippen LogP contribution in [-0.4, -0.2) is 33.1 Å². The molecule has 2 aromatic rings. The number of aliphatic hydroxyl groups is 1. The Morgan fingerprint density at radius 2 is 2.09 bits per heavy atom. The molecule has 1 atom stereocenters. The fourth-order valence-corrected chi connectivity index (χ4v) is 2.44. The van der Waals surface area contributed by atoms with Crippen LogP contribution in [0.1, 0.15) is 32.3 Å². The topological polar surface area (TPSA) is 79.2 Å². The van der Waals surface area contributed by atoms with Crippen LogP contribution < -0.4 is 10.6 Å². The zero-order valence-corrected chi connectivity index (χ0v) is 13.6. The Balaban J connectivity index is 1.91. The first-order valence-electron chi connectivity index (χ1n) is 7.81. The maximum Gasteiger partial charge on any atom is 0.319 e. The molecule has 0 saturated carbocycles. The lowest BCUT2D eigenvalue weighted by Gasteiger charge is -2.28. The molecule has 0 spiro atoms. The highest BCUT2D eigenvalue weighted by molar-refractivity contribution is 5.89. The quantitative estimate of drug-likeness (QED) is 0.734. The first-order chi connectivity index (χ1) is 11.0. The molecule has 1 aromatic heterocycles. The molecule has 0 radical (unpaired) electrons. The number of aliphatic hydroxyl groups excluding tert-OH is 1. The van der Waals surface area contributed by atoms with E-state index in [0.29, 0.717) is 12.2 Å². The number of urea groups is 1. The van der Waals surface area contributed by atoms with E-state index in [1.807, 2.05) is 55.1 Å². The molecule has 6 heteroatoms. The lowest BCUT2D eigenvalue weighted by molar-refractivity contribution is 0.167. The molecule has 1 heterocycles. The highest BCUT2D eigenvalue weighted by atomic mass is 16.3. The van der Waals surface area contributed by atoms with E-state index < -0.39 is 5.54 Å². The van der Waals surface area contributed by atoms with Crippen molar-refractivity contribution in [3.8, 4) is 0 Å². The van der Waals surface area contributed by atoms with E-state index in [1.165, 1.54) is 0 Å². The van der Waals surface area contributed by atoms with E-state index in [-0.39, 0.29) is 12.6 Å². The number of nitrogens with zero attached hydrogens (tertiary/aromatic N) is 2. The summed E-state index contributed by atoms with van der Waals surface area (Å²) in [5, 5.41) is 19.2. The van der Waals surface area contributed by atoms with Gasteiger partial charge in [-0.25, -0.2) is 4.79 Å². The van der Waals surface area contributed by atoms with Crippen molar-refractivity contribution in [2.75, 3.05) is 11.9 Å². The zero-order valence-electron chi connectivity index (χ0n) is 13.6. The average molecular weight is 316 g/mol. The third-order valence-corrected chi connectivity index (χ3v) is 3.68. The number of anilines is 1. The minimum absolute atomic E-state index is 0.0862. The summed E-state index contributed by atoms with van der Waals surface area (Å²) in [5.74, 6) is 0. The second kappa shape index (κ2) is 7.78. The van der Waals surface area contributed by atoms with E-state index in [9.17, 15) is 9.90 Å². The molecule has 0 aliphatic carbocycles. The SMILES string of the molecule is CCCC(C)(CO)NC(=O)Nc1ccc(Cn2cccn2)cc1. The van der Waals surface area contributed by atoms with Gasteiger partial charge < -0.3 is 15.7 Å². The third kappa shape index (κ3) is 5.10. The average Bonchev–Trinajstić information content (AvgIpc) is 3.02. The van der Waals surface area contributed by atoms with Gasteiger partial charge in [-0.05, 0) is 37.1 Å². The van der Waals surface area contributed by atoms with E-state index in [2.05, 4.69) is 15.7 Å². The number of rotatable bonds is 7. The lowest BCUT2D eigenvalue weighted by atomic mass is 9.98. The summed E-state index contributed by atoms with van der Waals surface area (Å²) in [5.41, 5.74) is 1.22. The normalized spacial score (nSPS) is 13.3. The summed E-state index contributed by atoms with van der Waals surface area (Å²) in [7, 11) is 0. The van der Waals surface area contributed by atoms with Gasteiger partial charge >= 0.3 is 6.03 Å². The Kier molecular flexibility index (Phi) is 5.76. The number of carbonyl (C=O) groups excluding carboxylic acids is 1. The van der Waals surface area contributed by atoms with Gasteiger partial charge in [0.2, 0.25) is 0 Å². The van der Waals surface area contributed by atoms with Crippen LogP contribution >= 0.6 is 0 Å². The molecule has 23 heavy (non-hydrogen) atoms. The van der Waals surface area contributed by atoms with E-state index in [4.69, 9.17) is 0 Å². The monoisotopic (exact) mass is 316 g/mol. The van der Waals surface area contributed by atoms with E-state index >= 15 is 0 Å². The van der Waals surface area contributed by atoms with Crippen molar-refractivity contribution in [1.29, 1.82) is 0 Å². The first-order valence-corrected chi connectivity index (χ1v) is 7.81. The van der Waals surface area contributed by atoms with Crippen molar-refractivity contribution >= 4 is 11.7 Å². The van der Waals surface area contributed by atoms with Gasteiger partial charge in [0, 0.05) is 18.1 Å². The van der Waals surface area contributed by atoms with Crippen molar-refractivity contribution in [2.24, 2.45) is 0 Å². The third-order valence-electron chi connectivity index (χ3n) is 3.68. The van der Waals surface area contributed by atoms with Crippen LogP contribution in [-0.2, 0) is 6.54 Å². The molecular weight excluding hydrogens is 292 g/mol. The fraction of sp³-hybridized carbons (Fsp3) is 0.412. The van der Waals surface area contributed by atoms with Crippen LogP contribution in [0.5, 0.6) is 0 Å². The van der Waals surface area contributed by atoms with Gasteiger partial charge in [-0.2, -0.15) is 5.10 Å². The smallest absolute Gasteiger partial charge is 0.319 e. The minimum Gasteiger partial charge on any atom is -0.394 e. The van der Waals surface area contributed by atoms with Crippen molar-refractivity contribution in [1.82, 2.24) is 15.1 Å². The summed E-state index contributed by atoms with van der Waals surface area (Å²) in [4.78, 5) is 12.1. The molecule has 124 valence electrons. The molecule has 1 aromatic carbocycles. The van der Waals surface area contributed by atoms with Crippen molar-refractivity contribution in [3.05, 3.63) is 48.3 Å². The van der Waals surface area contributed by atoms with E-state index in [1.54, 1.807) is 6.20 Å². The van der Waals surface area contributed by atoms with Gasteiger partial charge in [0.25, 0.3) is 0 Å². The Bertz CT molecular complexity index is 610. The van der Waals surface area contributed by atoms with Crippen LogP contribution in [0, 0.1) is 0 Å². The Hall–Kier alpha value is -2.34. The van der Waals surface area contributed by atoms with Crippen molar-refractivity contribution in [3.63, 3.8) is 0 Å². The maximum absolute atomic E-state index is 12.1. The summed E-state index contributed by atoms with van der Waals surface area (Å²) >= 11 is 0. The lowest BCUT2D eigenvalue weighted by Crippen LogP contribution is -2.50. The van der Waals surface area contributed by atoms with Gasteiger partial charge in [-0.1, -0.05) is 25.5 Å². The predicted molar refractivity (Wildman–Crippen MR) is 90.3 cm³/mol. The number of aromatic nitrogens is 2. The first kappa shape index (κ1) is 17.0. The number of nitrogens with one attached hydrogen (secondary N) is 2. The van der Waals surface area contributed by atoms with Gasteiger partial charge in [0.05, 0.1) is 18.7 Å². The van der Waals surface area contributed by atoms with Crippen molar-refractivity contribution in [2.45, 2.75) is 38.8 Å². The molecule has 2 rings (SSSR count). The summed E-state index contributed by atoms with van der Waals surface area (Å²) in [6, 6.07) is 9.19. The van der Waals surface area contributed by atoms with Gasteiger partial charge in [0.1, 0.15) is 0 Å². The van der Waals surface area contributed by atoms with Crippen molar-refractivity contribution < 1.29 is 9.90 Å². The zero-order chi connectivity index (χ0) is 16.7. The summed E-state index contributed by atoms with van der Waals surface area (Å²) in [6.07, 6.45) is 5.26. The Labute approximate surface area is 136 Å². The van der Waals surface area contributed by atoms with Gasteiger partial charge in [0.15, 0.2) is 0 Å². The molecule has 0 saturated heterocycles. The largest absolute Gasteiger partial charge is 0.394 e. The molecule has 1 unspecified atom stereocenters. The number of hydrogen-bond acceptors (Lipinski definition) is 3. The minimum atomic E-state index is -0.598. The molecule has 0 bridgehead atoms. The molecule has 6 nitrogen and oxygen atoms in total. The second-order valence-corrected chi connectivity index (χ2v) is 5.95. The predicted octanol–water partition coefficient (Wildman–Crippen LogP) is 2.60.